The van der Waals surface area contributed by atoms with Gasteiger partial charge in [-0.15, -0.1) is 11.8 Å². The third-order valence-corrected chi connectivity index (χ3v) is 4.26. The fraction of sp³-hybridized carbons (Fsp3) is 0.357. The minimum absolute atomic E-state index is 0.0324. The summed E-state index contributed by atoms with van der Waals surface area (Å²) in [7, 11) is 0. The van der Waals surface area contributed by atoms with Gasteiger partial charge in [0.2, 0.25) is 5.91 Å². The molecule has 6 heteroatoms. The lowest BCUT2D eigenvalue weighted by atomic mass is 10.1. The van der Waals surface area contributed by atoms with Gasteiger partial charge < -0.3 is 10.0 Å². The zero-order chi connectivity index (χ0) is 14.9. The number of Topliss-reactive ketones (excluding diaryl/α,β-unsaturated/α-hetero) is 1. The molecule has 0 spiro atoms. The quantitative estimate of drug-likeness (QED) is 0.861. The fourth-order valence-electron chi connectivity index (χ4n) is 2.07. The van der Waals surface area contributed by atoms with Crippen LogP contribution >= 0.6 is 11.8 Å². The van der Waals surface area contributed by atoms with Crippen LogP contribution in [0.5, 0.6) is 0 Å². The summed E-state index contributed by atoms with van der Waals surface area (Å²) in [6.45, 7) is 3.42. The van der Waals surface area contributed by atoms with E-state index in [9.17, 15) is 14.4 Å². The first-order valence-electron chi connectivity index (χ1n) is 6.25. The highest BCUT2D eigenvalue weighted by Gasteiger charge is 2.31. The molecule has 0 saturated carbocycles. The Kier molecular flexibility index (Phi) is 4.13. The summed E-state index contributed by atoms with van der Waals surface area (Å²) < 4.78 is 0. The highest BCUT2D eigenvalue weighted by molar-refractivity contribution is 8.01. The predicted octanol–water partition coefficient (Wildman–Crippen LogP) is 2.19. The average molecular weight is 293 g/mol. The molecule has 5 nitrogen and oxygen atoms in total. The second kappa shape index (κ2) is 5.66. The van der Waals surface area contributed by atoms with Crippen molar-refractivity contribution < 1.29 is 19.5 Å². The summed E-state index contributed by atoms with van der Waals surface area (Å²) in [5.74, 6) is -1.07. The molecule has 0 saturated heterocycles. The molecule has 1 aromatic rings. The van der Waals surface area contributed by atoms with Gasteiger partial charge in [0.05, 0.1) is 17.4 Å². The molecule has 1 atom stereocenters. The van der Waals surface area contributed by atoms with E-state index in [0.29, 0.717) is 11.3 Å². The van der Waals surface area contributed by atoms with Gasteiger partial charge in [0.25, 0.3) is 0 Å². The van der Waals surface area contributed by atoms with Crippen molar-refractivity contribution in [3.63, 3.8) is 0 Å². The third-order valence-electron chi connectivity index (χ3n) is 3.12. The Morgan fingerprint density at radius 1 is 1.40 bits per heavy atom. The molecule has 0 bridgehead atoms. The monoisotopic (exact) mass is 293 g/mol. The van der Waals surface area contributed by atoms with Gasteiger partial charge in [-0.2, -0.15) is 0 Å². The van der Waals surface area contributed by atoms with Crippen LogP contribution in [0.4, 0.5) is 5.69 Å². The van der Waals surface area contributed by atoms with Crippen molar-refractivity contribution in [3.8, 4) is 0 Å². The highest BCUT2D eigenvalue weighted by Crippen LogP contribution is 2.39. The zero-order valence-electron chi connectivity index (χ0n) is 11.3. The SMILES string of the molecule is CC(=O)c1ccc2c(c1)SC(C)C(=O)N2CCC(=O)O. The maximum Gasteiger partial charge on any atom is 0.305 e. The Balaban J connectivity index is 2.37. The lowest BCUT2D eigenvalue weighted by Crippen LogP contribution is -2.41. The smallest absolute Gasteiger partial charge is 0.305 e. The summed E-state index contributed by atoms with van der Waals surface area (Å²) in [4.78, 5) is 36.6. The van der Waals surface area contributed by atoms with Crippen LogP contribution in [0.3, 0.4) is 0 Å². The maximum atomic E-state index is 12.2. The average Bonchev–Trinajstić information content (AvgIpc) is 2.38. The van der Waals surface area contributed by atoms with Crippen molar-refractivity contribution in [2.75, 3.05) is 11.4 Å². The number of rotatable bonds is 4. The molecule has 2 rings (SSSR count). The lowest BCUT2D eigenvalue weighted by Gasteiger charge is -2.32. The van der Waals surface area contributed by atoms with Crippen LogP contribution in [0, 0.1) is 0 Å². The molecule has 106 valence electrons. The second-order valence-corrected chi connectivity index (χ2v) is 6.02. The number of carbonyl (C=O) groups excluding carboxylic acids is 2. The summed E-state index contributed by atoms with van der Waals surface area (Å²) in [5, 5.41) is 8.49. The van der Waals surface area contributed by atoms with E-state index in [2.05, 4.69) is 0 Å². The number of carboxylic acid groups (broad SMARTS) is 1. The number of carboxylic acids is 1. The van der Waals surface area contributed by atoms with Gasteiger partial charge >= 0.3 is 5.97 Å². The number of benzene rings is 1. The molecule has 20 heavy (non-hydrogen) atoms. The van der Waals surface area contributed by atoms with E-state index >= 15 is 0 Å². The van der Waals surface area contributed by atoms with Crippen molar-refractivity contribution in [2.24, 2.45) is 0 Å². The van der Waals surface area contributed by atoms with Crippen LogP contribution < -0.4 is 4.90 Å². The molecule has 1 aliphatic rings. The number of anilines is 1. The number of amides is 1. The van der Waals surface area contributed by atoms with Crippen LogP contribution in [-0.4, -0.2) is 34.6 Å². The largest absolute Gasteiger partial charge is 0.481 e. The predicted molar refractivity (Wildman–Crippen MR) is 76.4 cm³/mol. The molecule has 0 radical (unpaired) electrons. The van der Waals surface area contributed by atoms with Crippen molar-refractivity contribution in [1.82, 2.24) is 0 Å². The number of thioether (sulfide) groups is 1. The van der Waals surface area contributed by atoms with Crippen molar-refractivity contribution in [1.29, 1.82) is 0 Å². The van der Waals surface area contributed by atoms with Gasteiger partial charge in [0.15, 0.2) is 5.78 Å². The standard InChI is InChI=1S/C14H15NO4S/c1-8(16)10-3-4-11-12(7-10)20-9(2)14(19)15(11)6-5-13(17)18/h3-4,7,9H,5-6H2,1-2H3,(H,17,18). The van der Waals surface area contributed by atoms with Crippen LogP contribution in [0.15, 0.2) is 23.1 Å². The molecular formula is C14H15NO4S. The van der Waals surface area contributed by atoms with Crippen LogP contribution in [0.25, 0.3) is 0 Å². The Morgan fingerprint density at radius 3 is 2.70 bits per heavy atom. The van der Waals surface area contributed by atoms with E-state index in [1.807, 2.05) is 0 Å². The highest BCUT2D eigenvalue weighted by atomic mass is 32.2. The number of hydrogen-bond acceptors (Lipinski definition) is 4. The van der Waals surface area contributed by atoms with Gasteiger partial charge in [-0.1, -0.05) is 0 Å². The number of carbonyl (C=O) groups is 3. The summed E-state index contributed by atoms with van der Waals surface area (Å²) in [5.41, 5.74) is 1.28. The normalized spacial score (nSPS) is 17.8. The summed E-state index contributed by atoms with van der Waals surface area (Å²) in [6, 6.07) is 5.14. The van der Waals surface area contributed by atoms with Gasteiger partial charge in [0, 0.05) is 17.0 Å². The number of hydrogen-bond donors (Lipinski definition) is 1. The third kappa shape index (κ3) is 2.85. The molecule has 1 amide bonds. The van der Waals surface area contributed by atoms with Crippen LogP contribution in [0.2, 0.25) is 0 Å². The van der Waals surface area contributed by atoms with Gasteiger partial charge in [-0.3, -0.25) is 14.4 Å². The fourth-order valence-corrected chi connectivity index (χ4v) is 3.17. The molecule has 0 fully saturated rings. The maximum absolute atomic E-state index is 12.2. The van der Waals surface area contributed by atoms with Crippen LogP contribution in [-0.2, 0) is 9.59 Å². The molecule has 0 aromatic heterocycles. The first kappa shape index (κ1) is 14.6. The minimum atomic E-state index is -0.939. The van der Waals surface area contributed by atoms with E-state index in [1.165, 1.54) is 23.6 Å². The van der Waals surface area contributed by atoms with Crippen molar-refractivity contribution in [3.05, 3.63) is 23.8 Å². The number of nitrogens with zero attached hydrogens (tertiary/aromatic N) is 1. The van der Waals surface area contributed by atoms with Gasteiger partial charge in [0.1, 0.15) is 0 Å². The summed E-state index contributed by atoms with van der Waals surface area (Å²) in [6.07, 6.45) is -0.100. The van der Waals surface area contributed by atoms with Gasteiger partial charge in [-0.25, -0.2) is 0 Å². The van der Waals surface area contributed by atoms with E-state index in [1.54, 1.807) is 25.1 Å². The van der Waals surface area contributed by atoms with E-state index in [0.717, 1.165) is 4.90 Å². The molecule has 1 N–H and O–H groups in total. The molecular weight excluding hydrogens is 278 g/mol. The van der Waals surface area contributed by atoms with E-state index in [4.69, 9.17) is 5.11 Å². The summed E-state index contributed by atoms with van der Waals surface area (Å²) >= 11 is 1.40. The van der Waals surface area contributed by atoms with E-state index < -0.39 is 5.97 Å². The Bertz CT molecular complexity index is 585. The molecule has 1 heterocycles. The van der Waals surface area contributed by atoms with Crippen molar-refractivity contribution in [2.45, 2.75) is 30.4 Å². The first-order valence-corrected chi connectivity index (χ1v) is 7.13. The molecule has 1 aliphatic heterocycles. The second-order valence-electron chi connectivity index (χ2n) is 4.63. The topological polar surface area (TPSA) is 74.7 Å². The van der Waals surface area contributed by atoms with E-state index in [-0.39, 0.29) is 29.9 Å². The zero-order valence-corrected chi connectivity index (χ0v) is 12.1. The number of aliphatic carboxylic acids is 1. The number of fused-ring (bicyclic) bond motifs is 1. The molecule has 1 aromatic carbocycles. The Hall–Kier alpha value is -1.82. The lowest BCUT2D eigenvalue weighted by molar-refractivity contribution is -0.136. The van der Waals surface area contributed by atoms with Gasteiger partial charge in [-0.05, 0) is 32.0 Å². The number of ketones is 1. The van der Waals surface area contributed by atoms with Crippen molar-refractivity contribution >= 4 is 35.1 Å². The molecule has 1 unspecified atom stereocenters. The minimum Gasteiger partial charge on any atom is -0.481 e. The van der Waals surface area contributed by atoms with Crippen LogP contribution in [0.1, 0.15) is 30.6 Å². The first-order chi connectivity index (χ1) is 9.40. The Labute approximate surface area is 121 Å². The Morgan fingerprint density at radius 2 is 2.10 bits per heavy atom. The molecule has 0 aliphatic carbocycles.